The number of allylic oxidation sites excluding steroid dienone is 2. The SMILES string of the molecule is N#CC(=Cc1ccc(C=Cc2ccc(C=C(C#N)c3cccs3)s2)s1)c1cccs1. The quantitative estimate of drug-likeness (QED) is 0.273. The van der Waals surface area contributed by atoms with E-state index in [1.165, 1.54) is 0 Å². The van der Waals surface area contributed by atoms with Crippen molar-refractivity contribution < 1.29 is 0 Å². The molecule has 0 fully saturated rings. The molecule has 2 nitrogen and oxygen atoms in total. The average Bonchev–Trinajstić information content (AvgIpc) is 3.56. The predicted octanol–water partition coefficient (Wildman–Crippen LogP) is 8.23. The summed E-state index contributed by atoms with van der Waals surface area (Å²) in [6.45, 7) is 0. The molecule has 4 aromatic rings. The van der Waals surface area contributed by atoms with Crippen LogP contribution in [0.15, 0.2) is 59.3 Å². The summed E-state index contributed by atoms with van der Waals surface area (Å²) >= 11 is 6.45. The van der Waals surface area contributed by atoms with E-state index in [2.05, 4.69) is 36.4 Å². The van der Waals surface area contributed by atoms with Crippen LogP contribution in [-0.2, 0) is 0 Å². The molecule has 4 rings (SSSR count). The third-order valence-electron chi connectivity index (χ3n) is 4.09. The highest BCUT2D eigenvalue weighted by Gasteiger charge is 2.05. The first-order valence-corrected chi connectivity index (χ1v) is 12.3. The van der Waals surface area contributed by atoms with E-state index >= 15 is 0 Å². The van der Waals surface area contributed by atoms with Gasteiger partial charge in [-0.15, -0.1) is 45.3 Å². The molecular formula is C24H14N2S4. The van der Waals surface area contributed by atoms with E-state index in [0.717, 1.165) is 29.3 Å². The van der Waals surface area contributed by atoms with Crippen molar-refractivity contribution in [2.75, 3.05) is 0 Å². The van der Waals surface area contributed by atoms with Crippen molar-refractivity contribution >= 4 is 80.8 Å². The fourth-order valence-electron chi connectivity index (χ4n) is 2.70. The van der Waals surface area contributed by atoms with E-state index < -0.39 is 0 Å². The monoisotopic (exact) mass is 458 g/mol. The molecule has 0 aliphatic carbocycles. The Morgan fingerprint density at radius 1 is 0.633 bits per heavy atom. The first-order valence-electron chi connectivity index (χ1n) is 8.94. The van der Waals surface area contributed by atoms with Gasteiger partial charge in [0, 0.05) is 29.3 Å². The van der Waals surface area contributed by atoms with Gasteiger partial charge in [-0.2, -0.15) is 10.5 Å². The van der Waals surface area contributed by atoms with Gasteiger partial charge in [0.1, 0.15) is 12.1 Å². The fourth-order valence-corrected chi connectivity index (χ4v) is 5.80. The van der Waals surface area contributed by atoms with Gasteiger partial charge in [-0.1, -0.05) is 12.1 Å². The average molecular weight is 459 g/mol. The highest BCUT2D eigenvalue weighted by molar-refractivity contribution is 7.15. The van der Waals surface area contributed by atoms with E-state index in [0.29, 0.717) is 11.1 Å². The highest BCUT2D eigenvalue weighted by atomic mass is 32.1. The van der Waals surface area contributed by atoms with Gasteiger partial charge in [0.15, 0.2) is 0 Å². The number of thiophene rings is 4. The molecule has 0 aliphatic rings. The van der Waals surface area contributed by atoms with Gasteiger partial charge >= 0.3 is 0 Å². The van der Waals surface area contributed by atoms with Gasteiger partial charge in [-0.25, -0.2) is 0 Å². The molecule has 144 valence electrons. The van der Waals surface area contributed by atoms with Gasteiger partial charge in [0.25, 0.3) is 0 Å². The second-order valence-electron chi connectivity index (χ2n) is 6.11. The van der Waals surface area contributed by atoms with Crippen molar-refractivity contribution in [3.05, 3.63) is 88.6 Å². The Kier molecular flexibility index (Phi) is 6.53. The van der Waals surface area contributed by atoms with E-state index in [4.69, 9.17) is 0 Å². The molecule has 6 heteroatoms. The number of nitrogens with zero attached hydrogens (tertiary/aromatic N) is 2. The topological polar surface area (TPSA) is 47.6 Å². The number of hydrogen-bond acceptors (Lipinski definition) is 6. The number of hydrogen-bond donors (Lipinski definition) is 0. The van der Waals surface area contributed by atoms with Crippen molar-refractivity contribution in [2.24, 2.45) is 0 Å². The van der Waals surface area contributed by atoms with Crippen LogP contribution in [0, 0.1) is 22.7 Å². The van der Waals surface area contributed by atoms with E-state index in [-0.39, 0.29) is 0 Å². The van der Waals surface area contributed by atoms with Gasteiger partial charge < -0.3 is 0 Å². The smallest absolute Gasteiger partial charge is 0.101 e. The van der Waals surface area contributed by atoms with Crippen molar-refractivity contribution in [3.8, 4) is 12.1 Å². The van der Waals surface area contributed by atoms with Crippen LogP contribution in [0.5, 0.6) is 0 Å². The third kappa shape index (κ3) is 4.94. The molecule has 0 bridgehead atoms. The molecule has 4 aromatic heterocycles. The molecule has 4 heterocycles. The molecule has 30 heavy (non-hydrogen) atoms. The molecule has 0 unspecified atom stereocenters. The van der Waals surface area contributed by atoms with Crippen LogP contribution in [0.2, 0.25) is 0 Å². The number of nitriles is 2. The van der Waals surface area contributed by atoms with Gasteiger partial charge in [0.2, 0.25) is 0 Å². The minimum absolute atomic E-state index is 0.691. The summed E-state index contributed by atoms with van der Waals surface area (Å²) in [6.07, 6.45) is 8.05. The van der Waals surface area contributed by atoms with Crippen LogP contribution in [-0.4, -0.2) is 0 Å². The summed E-state index contributed by atoms with van der Waals surface area (Å²) in [5.74, 6) is 0. The molecule has 0 saturated carbocycles. The maximum absolute atomic E-state index is 9.42. The Morgan fingerprint density at radius 2 is 1.07 bits per heavy atom. The first kappa shape index (κ1) is 20.3. The molecule has 0 aromatic carbocycles. The van der Waals surface area contributed by atoms with E-state index in [1.807, 2.05) is 59.3 Å². The molecule has 0 atom stereocenters. The Hall–Kier alpha value is -3.00. The van der Waals surface area contributed by atoms with Crippen LogP contribution in [0.25, 0.3) is 35.5 Å². The van der Waals surface area contributed by atoms with Crippen LogP contribution >= 0.6 is 45.3 Å². The van der Waals surface area contributed by atoms with E-state index in [1.54, 1.807) is 45.3 Å². The van der Waals surface area contributed by atoms with E-state index in [9.17, 15) is 10.5 Å². The zero-order valence-corrected chi connectivity index (χ0v) is 18.9. The molecule has 0 radical (unpaired) electrons. The maximum atomic E-state index is 9.42. The molecule has 0 spiro atoms. The second kappa shape index (κ2) is 9.67. The van der Waals surface area contributed by atoms with Crippen LogP contribution in [0.4, 0.5) is 0 Å². The Morgan fingerprint density at radius 3 is 1.43 bits per heavy atom. The molecule has 0 amide bonds. The van der Waals surface area contributed by atoms with Crippen LogP contribution in [0.3, 0.4) is 0 Å². The zero-order valence-electron chi connectivity index (χ0n) is 15.6. The first-order chi connectivity index (χ1) is 14.7. The lowest BCUT2D eigenvalue weighted by Gasteiger charge is -1.92. The summed E-state index contributed by atoms with van der Waals surface area (Å²) in [5.41, 5.74) is 1.38. The van der Waals surface area contributed by atoms with Crippen molar-refractivity contribution in [1.29, 1.82) is 10.5 Å². The minimum Gasteiger partial charge on any atom is -0.192 e. The Labute approximate surface area is 191 Å². The summed E-state index contributed by atoms with van der Waals surface area (Å²) in [7, 11) is 0. The molecule has 0 aliphatic heterocycles. The van der Waals surface area contributed by atoms with Gasteiger partial charge in [-0.05, 0) is 71.5 Å². The lowest BCUT2D eigenvalue weighted by Crippen LogP contribution is -1.72. The van der Waals surface area contributed by atoms with Crippen LogP contribution in [0.1, 0.15) is 29.3 Å². The molecule has 0 saturated heterocycles. The Bertz CT molecular complexity index is 1200. The summed E-state index contributed by atoms with van der Waals surface area (Å²) in [5, 5.41) is 22.8. The van der Waals surface area contributed by atoms with Crippen molar-refractivity contribution in [1.82, 2.24) is 0 Å². The lowest BCUT2D eigenvalue weighted by molar-refractivity contribution is 1.54. The van der Waals surface area contributed by atoms with Crippen molar-refractivity contribution in [2.45, 2.75) is 0 Å². The van der Waals surface area contributed by atoms with Gasteiger partial charge in [0.05, 0.1) is 11.1 Å². The van der Waals surface area contributed by atoms with Crippen LogP contribution < -0.4 is 0 Å². The Balaban J connectivity index is 1.48. The largest absolute Gasteiger partial charge is 0.192 e. The summed E-state index contributed by atoms with van der Waals surface area (Å²) in [4.78, 5) is 6.36. The fraction of sp³-hybridized carbons (Fsp3) is 0. The molecular weight excluding hydrogens is 445 g/mol. The van der Waals surface area contributed by atoms with Crippen molar-refractivity contribution in [3.63, 3.8) is 0 Å². The van der Waals surface area contributed by atoms with Gasteiger partial charge in [-0.3, -0.25) is 0 Å². The third-order valence-corrected chi connectivity index (χ3v) is 7.90. The number of rotatable bonds is 6. The maximum Gasteiger partial charge on any atom is 0.101 e. The summed E-state index contributed by atoms with van der Waals surface area (Å²) in [6, 6.07) is 20.6. The lowest BCUT2D eigenvalue weighted by atomic mass is 10.2. The highest BCUT2D eigenvalue weighted by Crippen LogP contribution is 2.29. The summed E-state index contributed by atoms with van der Waals surface area (Å²) < 4.78 is 0. The normalized spacial score (nSPS) is 12.2. The zero-order chi connectivity index (χ0) is 20.8. The minimum atomic E-state index is 0.691. The standard InChI is InChI=1S/C24H14N2S4/c25-15-17(23-3-1-11-27-23)13-21-9-7-19(29-21)5-6-20-8-10-22(30-20)14-18(16-26)24-4-2-12-28-24/h1-14H. The second-order valence-corrected chi connectivity index (χ2v) is 10.3. The molecule has 0 N–H and O–H groups in total. The predicted molar refractivity (Wildman–Crippen MR) is 133 cm³/mol.